The summed E-state index contributed by atoms with van der Waals surface area (Å²) >= 11 is 0. The van der Waals surface area contributed by atoms with E-state index in [1.54, 1.807) is 0 Å². The van der Waals surface area contributed by atoms with Crippen LogP contribution in [0.25, 0.3) is 44.1 Å². The van der Waals surface area contributed by atoms with Crippen LogP contribution in [0, 0.1) is 0 Å². The zero-order chi connectivity index (χ0) is 18.0. The predicted molar refractivity (Wildman–Crippen MR) is 114 cm³/mol. The van der Waals surface area contributed by atoms with Crippen molar-refractivity contribution in [3.8, 4) is 22.3 Å². The van der Waals surface area contributed by atoms with Crippen molar-refractivity contribution in [2.24, 2.45) is 7.05 Å². The normalized spacial score (nSPS) is 12.5. The standard InChI is InChI=1S/C26H19N/c1-27-25-9-5-4-8-23(25)24-16-18(11-13-26(24)27)17-10-12-22-20(14-17)15-19-6-2-3-7-21(19)22/h2-14,16H,15H2,1H3. The SMILES string of the molecule is Cn1c2ccccc2c2cc(-c3ccc4c(c3)Cc3ccccc3-4)ccc21. The van der Waals surface area contributed by atoms with E-state index in [9.17, 15) is 0 Å². The van der Waals surface area contributed by atoms with Gasteiger partial charge in [-0.1, -0.05) is 66.7 Å². The van der Waals surface area contributed by atoms with Crippen molar-refractivity contribution < 1.29 is 0 Å². The molecule has 5 aromatic rings. The third-order valence-corrected chi connectivity index (χ3v) is 6.04. The lowest BCUT2D eigenvalue weighted by Crippen LogP contribution is -1.87. The van der Waals surface area contributed by atoms with Crippen LogP contribution in [0.2, 0.25) is 0 Å². The van der Waals surface area contributed by atoms with Gasteiger partial charge in [0, 0.05) is 28.9 Å². The highest BCUT2D eigenvalue weighted by molar-refractivity contribution is 6.09. The summed E-state index contributed by atoms with van der Waals surface area (Å²) in [6.45, 7) is 0. The van der Waals surface area contributed by atoms with Gasteiger partial charge in [0.25, 0.3) is 0 Å². The van der Waals surface area contributed by atoms with E-state index in [0.29, 0.717) is 0 Å². The minimum Gasteiger partial charge on any atom is -0.344 e. The predicted octanol–water partition coefficient (Wildman–Crippen LogP) is 6.57. The highest BCUT2D eigenvalue weighted by Crippen LogP contribution is 2.39. The zero-order valence-corrected chi connectivity index (χ0v) is 15.2. The Balaban J connectivity index is 1.53. The third-order valence-electron chi connectivity index (χ3n) is 6.04. The molecule has 0 aliphatic heterocycles. The smallest absolute Gasteiger partial charge is 0.0489 e. The molecule has 0 saturated heterocycles. The molecule has 1 nitrogen and oxygen atoms in total. The van der Waals surface area contributed by atoms with Crippen LogP contribution in [-0.4, -0.2) is 4.57 Å². The summed E-state index contributed by atoms with van der Waals surface area (Å²) in [6.07, 6.45) is 1.04. The molecule has 0 spiro atoms. The van der Waals surface area contributed by atoms with Gasteiger partial charge < -0.3 is 4.57 Å². The van der Waals surface area contributed by atoms with Crippen LogP contribution in [0.3, 0.4) is 0 Å². The molecule has 0 N–H and O–H groups in total. The third kappa shape index (κ3) is 2.06. The Morgan fingerprint density at radius 1 is 0.593 bits per heavy atom. The fourth-order valence-corrected chi connectivity index (χ4v) is 4.67. The molecular formula is C26H19N. The van der Waals surface area contributed by atoms with Gasteiger partial charge in [0.2, 0.25) is 0 Å². The number of benzene rings is 4. The van der Waals surface area contributed by atoms with Crippen molar-refractivity contribution in [1.29, 1.82) is 0 Å². The summed E-state index contributed by atoms with van der Waals surface area (Å²) in [7, 11) is 2.15. The number of rotatable bonds is 1. The first-order chi connectivity index (χ1) is 13.3. The van der Waals surface area contributed by atoms with E-state index < -0.39 is 0 Å². The monoisotopic (exact) mass is 345 g/mol. The molecular weight excluding hydrogens is 326 g/mol. The molecule has 6 rings (SSSR count). The highest BCUT2D eigenvalue weighted by Gasteiger charge is 2.18. The molecule has 1 heteroatoms. The van der Waals surface area contributed by atoms with Gasteiger partial charge in [0.15, 0.2) is 0 Å². The molecule has 1 heterocycles. The van der Waals surface area contributed by atoms with Crippen molar-refractivity contribution >= 4 is 21.8 Å². The quantitative estimate of drug-likeness (QED) is 0.318. The maximum absolute atomic E-state index is 2.38. The molecule has 1 aromatic heterocycles. The van der Waals surface area contributed by atoms with E-state index in [1.807, 2.05) is 0 Å². The minimum absolute atomic E-state index is 1.04. The van der Waals surface area contributed by atoms with Crippen molar-refractivity contribution in [2.75, 3.05) is 0 Å². The molecule has 1 aliphatic rings. The highest BCUT2D eigenvalue weighted by atomic mass is 14.9. The van der Waals surface area contributed by atoms with Gasteiger partial charge in [-0.3, -0.25) is 0 Å². The largest absolute Gasteiger partial charge is 0.344 e. The zero-order valence-electron chi connectivity index (χ0n) is 15.2. The first-order valence-electron chi connectivity index (χ1n) is 9.48. The fourth-order valence-electron chi connectivity index (χ4n) is 4.67. The minimum atomic E-state index is 1.04. The number of fused-ring (bicyclic) bond motifs is 6. The summed E-state index contributed by atoms with van der Waals surface area (Å²) in [6, 6.07) is 31.2. The van der Waals surface area contributed by atoms with E-state index in [4.69, 9.17) is 0 Å². The average molecular weight is 345 g/mol. The van der Waals surface area contributed by atoms with Gasteiger partial charge in [0.05, 0.1) is 0 Å². The summed E-state index contributed by atoms with van der Waals surface area (Å²) in [4.78, 5) is 0. The number of nitrogens with zero attached hydrogens (tertiary/aromatic N) is 1. The van der Waals surface area contributed by atoms with Gasteiger partial charge in [-0.15, -0.1) is 0 Å². The second kappa shape index (κ2) is 5.34. The van der Waals surface area contributed by atoms with Crippen LogP contribution in [0.5, 0.6) is 0 Å². The molecule has 0 fully saturated rings. The summed E-state index contributed by atoms with van der Waals surface area (Å²) in [5.74, 6) is 0. The Hall–Kier alpha value is -3.32. The van der Waals surface area contributed by atoms with Gasteiger partial charge in [0.1, 0.15) is 0 Å². The molecule has 0 atom stereocenters. The molecule has 0 saturated carbocycles. The van der Waals surface area contributed by atoms with Gasteiger partial charge in [-0.25, -0.2) is 0 Å². The summed E-state index contributed by atoms with van der Waals surface area (Å²) in [5, 5.41) is 2.65. The molecule has 0 unspecified atom stereocenters. The first-order valence-corrected chi connectivity index (χ1v) is 9.48. The molecule has 27 heavy (non-hydrogen) atoms. The fraction of sp³-hybridized carbons (Fsp3) is 0.0769. The second-order valence-corrected chi connectivity index (χ2v) is 7.51. The number of aryl methyl sites for hydroxylation is 1. The average Bonchev–Trinajstić information content (AvgIpc) is 3.23. The van der Waals surface area contributed by atoms with Gasteiger partial charge in [-0.2, -0.15) is 0 Å². The lowest BCUT2D eigenvalue weighted by molar-refractivity contribution is 1.01. The van der Waals surface area contributed by atoms with Crippen LogP contribution in [-0.2, 0) is 13.5 Å². The Morgan fingerprint density at radius 3 is 2.26 bits per heavy atom. The number of aromatic nitrogens is 1. The molecule has 0 radical (unpaired) electrons. The van der Waals surface area contributed by atoms with E-state index in [-0.39, 0.29) is 0 Å². The lowest BCUT2D eigenvalue weighted by atomic mass is 9.98. The molecule has 128 valence electrons. The molecule has 0 amide bonds. The molecule has 1 aliphatic carbocycles. The van der Waals surface area contributed by atoms with Gasteiger partial charge in [-0.05, 0) is 58.0 Å². The van der Waals surface area contributed by atoms with Crippen LogP contribution in [0.15, 0.2) is 84.9 Å². The number of hydrogen-bond donors (Lipinski definition) is 0. The second-order valence-electron chi connectivity index (χ2n) is 7.51. The Kier molecular flexibility index (Phi) is 2.93. The van der Waals surface area contributed by atoms with Crippen molar-refractivity contribution in [3.63, 3.8) is 0 Å². The first kappa shape index (κ1) is 14.8. The van der Waals surface area contributed by atoms with E-state index in [2.05, 4.69) is 96.5 Å². The summed E-state index contributed by atoms with van der Waals surface area (Å²) < 4.78 is 2.29. The van der Waals surface area contributed by atoms with E-state index in [0.717, 1.165) is 6.42 Å². The summed E-state index contributed by atoms with van der Waals surface area (Å²) in [5.41, 5.74) is 10.8. The van der Waals surface area contributed by atoms with Crippen molar-refractivity contribution in [3.05, 3.63) is 96.1 Å². The van der Waals surface area contributed by atoms with E-state index in [1.165, 1.54) is 55.2 Å². The Morgan fingerprint density at radius 2 is 1.30 bits per heavy atom. The number of para-hydroxylation sites is 1. The maximum atomic E-state index is 2.38. The Labute approximate surface area is 158 Å². The number of hydrogen-bond acceptors (Lipinski definition) is 0. The van der Waals surface area contributed by atoms with Crippen molar-refractivity contribution in [1.82, 2.24) is 4.57 Å². The van der Waals surface area contributed by atoms with Crippen LogP contribution >= 0.6 is 0 Å². The maximum Gasteiger partial charge on any atom is 0.0489 e. The Bertz CT molecular complexity index is 1350. The lowest BCUT2D eigenvalue weighted by Gasteiger charge is -2.07. The van der Waals surface area contributed by atoms with Crippen molar-refractivity contribution in [2.45, 2.75) is 6.42 Å². The molecule has 4 aromatic carbocycles. The molecule has 0 bridgehead atoms. The van der Waals surface area contributed by atoms with E-state index >= 15 is 0 Å². The topological polar surface area (TPSA) is 4.93 Å². The van der Waals surface area contributed by atoms with Gasteiger partial charge >= 0.3 is 0 Å². The van der Waals surface area contributed by atoms with Crippen LogP contribution in [0.4, 0.5) is 0 Å². The van der Waals surface area contributed by atoms with Crippen LogP contribution in [0.1, 0.15) is 11.1 Å². The van der Waals surface area contributed by atoms with Crippen LogP contribution < -0.4 is 0 Å².